The van der Waals surface area contributed by atoms with Crippen molar-refractivity contribution in [2.75, 3.05) is 27.2 Å². The maximum atomic E-state index is 11.9. The van der Waals surface area contributed by atoms with Crippen molar-refractivity contribution < 1.29 is 9.53 Å². The molecule has 0 aliphatic rings. The number of aromatic nitrogens is 1. The Kier molecular flexibility index (Phi) is 5.24. The van der Waals surface area contributed by atoms with Crippen molar-refractivity contribution in [2.24, 2.45) is 7.05 Å². The fraction of sp³-hybridized carbons (Fsp3) is 0.500. The predicted octanol–water partition coefficient (Wildman–Crippen LogP) is 2.83. The molecule has 1 aromatic carbocycles. The molecule has 120 valence electrons. The van der Waals surface area contributed by atoms with Crippen LogP contribution < -0.4 is 0 Å². The van der Waals surface area contributed by atoms with E-state index in [1.165, 1.54) is 27.7 Å². The average molecular weight is 302 g/mol. The van der Waals surface area contributed by atoms with Gasteiger partial charge in [0.2, 0.25) is 0 Å². The summed E-state index contributed by atoms with van der Waals surface area (Å²) in [6.07, 6.45) is 1.16. The van der Waals surface area contributed by atoms with E-state index in [1.807, 2.05) is 19.0 Å². The van der Waals surface area contributed by atoms with Crippen molar-refractivity contribution in [2.45, 2.75) is 26.7 Å². The van der Waals surface area contributed by atoms with Gasteiger partial charge in [-0.3, -0.25) is 4.79 Å². The lowest BCUT2D eigenvalue weighted by molar-refractivity contribution is -0.143. The number of benzene rings is 1. The van der Waals surface area contributed by atoms with Gasteiger partial charge in [0.15, 0.2) is 0 Å². The van der Waals surface area contributed by atoms with Crippen LogP contribution in [-0.2, 0) is 23.0 Å². The molecule has 0 saturated heterocycles. The highest BCUT2D eigenvalue weighted by Gasteiger charge is 2.14. The molecule has 0 radical (unpaired) electrons. The summed E-state index contributed by atoms with van der Waals surface area (Å²) in [5.74, 6) is -0.120. The van der Waals surface area contributed by atoms with Crippen molar-refractivity contribution in [1.29, 1.82) is 0 Å². The fourth-order valence-electron chi connectivity index (χ4n) is 2.72. The van der Waals surface area contributed by atoms with Crippen LogP contribution >= 0.6 is 0 Å². The van der Waals surface area contributed by atoms with Gasteiger partial charge in [-0.2, -0.15) is 0 Å². The number of esters is 1. The molecule has 0 amide bonds. The van der Waals surface area contributed by atoms with E-state index in [0.29, 0.717) is 13.0 Å². The van der Waals surface area contributed by atoms with Gasteiger partial charge in [0.05, 0.1) is 0 Å². The lowest BCUT2D eigenvalue weighted by atomic mass is 10.0. The number of likely N-dealkylation sites (N-methyl/N-ethyl adjacent to an activating group) is 1. The molecule has 0 unspecified atom stereocenters. The Labute approximate surface area is 132 Å². The van der Waals surface area contributed by atoms with Crippen LogP contribution in [0.2, 0.25) is 0 Å². The Morgan fingerprint density at radius 1 is 1.27 bits per heavy atom. The molecule has 0 aliphatic carbocycles. The summed E-state index contributed by atoms with van der Waals surface area (Å²) in [7, 11) is 6.01. The summed E-state index contributed by atoms with van der Waals surface area (Å²) in [4.78, 5) is 13.9. The average Bonchev–Trinajstić information content (AvgIpc) is 2.68. The minimum atomic E-state index is -0.120. The first kappa shape index (κ1) is 16.6. The van der Waals surface area contributed by atoms with Crippen LogP contribution in [0.5, 0.6) is 0 Å². The van der Waals surface area contributed by atoms with Crippen molar-refractivity contribution >= 4 is 16.9 Å². The molecule has 0 spiro atoms. The lowest BCUT2D eigenvalue weighted by Gasteiger charge is -2.10. The van der Waals surface area contributed by atoms with E-state index in [4.69, 9.17) is 4.74 Å². The number of carbonyl (C=O) groups is 1. The van der Waals surface area contributed by atoms with E-state index in [0.717, 1.165) is 13.0 Å². The Morgan fingerprint density at radius 3 is 2.68 bits per heavy atom. The van der Waals surface area contributed by atoms with Gasteiger partial charge in [-0.1, -0.05) is 11.6 Å². The molecule has 1 heterocycles. The van der Waals surface area contributed by atoms with Gasteiger partial charge in [0.1, 0.15) is 6.61 Å². The molecular weight excluding hydrogens is 276 g/mol. The SMILES string of the molecule is Cc1ccc2c(c1)c(CCC(=O)OCCN(C)C)c(C)n2C. The Balaban J connectivity index is 2.07. The Morgan fingerprint density at radius 2 is 2.00 bits per heavy atom. The molecular formula is C18H26N2O2. The van der Waals surface area contributed by atoms with Crippen LogP contribution in [0.3, 0.4) is 0 Å². The van der Waals surface area contributed by atoms with Crippen molar-refractivity contribution in [3.8, 4) is 0 Å². The third kappa shape index (κ3) is 3.69. The van der Waals surface area contributed by atoms with Crippen LogP contribution in [0.15, 0.2) is 18.2 Å². The highest BCUT2D eigenvalue weighted by atomic mass is 16.5. The molecule has 2 aromatic rings. The Hall–Kier alpha value is -1.81. The van der Waals surface area contributed by atoms with E-state index in [-0.39, 0.29) is 5.97 Å². The topological polar surface area (TPSA) is 34.5 Å². The molecule has 0 fully saturated rings. The minimum absolute atomic E-state index is 0.120. The molecule has 0 atom stereocenters. The summed E-state index contributed by atoms with van der Waals surface area (Å²) >= 11 is 0. The van der Waals surface area contributed by atoms with Gasteiger partial charge in [-0.05, 0) is 52.1 Å². The van der Waals surface area contributed by atoms with Crippen LogP contribution in [0, 0.1) is 13.8 Å². The second kappa shape index (κ2) is 6.97. The molecule has 4 heteroatoms. The number of ether oxygens (including phenoxy) is 1. The van der Waals surface area contributed by atoms with Gasteiger partial charge >= 0.3 is 5.97 Å². The van der Waals surface area contributed by atoms with Crippen molar-refractivity contribution in [3.05, 3.63) is 35.0 Å². The van der Waals surface area contributed by atoms with Crippen molar-refractivity contribution in [1.82, 2.24) is 9.47 Å². The first-order valence-corrected chi connectivity index (χ1v) is 7.75. The largest absolute Gasteiger partial charge is 0.464 e. The number of rotatable bonds is 6. The summed E-state index contributed by atoms with van der Waals surface area (Å²) in [5, 5.41) is 1.25. The third-order valence-electron chi connectivity index (χ3n) is 4.16. The zero-order chi connectivity index (χ0) is 16.3. The molecule has 0 N–H and O–H groups in total. The highest BCUT2D eigenvalue weighted by molar-refractivity contribution is 5.86. The predicted molar refractivity (Wildman–Crippen MR) is 90.2 cm³/mol. The standard InChI is InChI=1S/C18H26N2O2/c1-13-6-8-17-16(12-13)15(14(2)20(17)5)7-9-18(21)22-11-10-19(3)4/h6,8,12H,7,9-11H2,1-5H3. The maximum Gasteiger partial charge on any atom is 0.306 e. The third-order valence-corrected chi connectivity index (χ3v) is 4.16. The monoisotopic (exact) mass is 302 g/mol. The first-order valence-electron chi connectivity index (χ1n) is 7.75. The number of hydrogen-bond acceptors (Lipinski definition) is 3. The van der Waals surface area contributed by atoms with E-state index >= 15 is 0 Å². The zero-order valence-electron chi connectivity index (χ0n) is 14.3. The summed E-state index contributed by atoms with van der Waals surface area (Å²) in [6, 6.07) is 6.48. The van der Waals surface area contributed by atoms with Crippen molar-refractivity contribution in [3.63, 3.8) is 0 Å². The zero-order valence-corrected chi connectivity index (χ0v) is 14.3. The molecule has 0 bridgehead atoms. The van der Waals surface area contributed by atoms with Crippen LogP contribution in [0.25, 0.3) is 10.9 Å². The Bertz CT molecular complexity index is 671. The number of fused-ring (bicyclic) bond motifs is 1. The molecule has 22 heavy (non-hydrogen) atoms. The van der Waals surface area contributed by atoms with E-state index in [1.54, 1.807) is 0 Å². The van der Waals surface area contributed by atoms with Gasteiger partial charge in [0.25, 0.3) is 0 Å². The summed E-state index contributed by atoms with van der Waals surface area (Å²) in [6.45, 7) is 5.43. The minimum Gasteiger partial charge on any atom is -0.464 e. The van der Waals surface area contributed by atoms with Gasteiger partial charge in [-0.25, -0.2) is 0 Å². The molecule has 4 nitrogen and oxygen atoms in total. The molecule has 1 aromatic heterocycles. The first-order chi connectivity index (χ1) is 10.4. The van der Waals surface area contributed by atoms with Crippen LogP contribution in [-0.4, -0.2) is 42.7 Å². The summed E-state index contributed by atoms with van der Waals surface area (Å²) < 4.78 is 7.47. The van der Waals surface area contributed by atoms with Gasteiger partial charge in [0, 0.05) is 36.6 Å². The van der Waals surface area contributed by atoms with E-state index in [9.17, 15) is 4.79 Å². The van der Waals surface area contributed by atoms with Crippen LogP contribution in [0.4, 0.5) is 0 Å². The number of nitrogens with zero attached hydrogens (tertiary/aromatic N) is 2. The van der Waals surface area contributed by atoms with E-state index < -0.39 is 0 Å². The van der Waals surface area contributed by atoms with Gasteiger partial charge < -0.3 is 14.2 Å². The molecule has 0 aliphatic heterocycles. The fourth-order valence-corrected chi connectivity index (χ4v) is 2.72. The molecule has 2 rings (SSSR count). The van der Waals surface area contributed by atoms with Crippen LogP contribution in [0.1, 0.15) is 23.2 Å². The maximum absolute atomic E-state index is 11.9. The second-order valence-corrected chi connectivity index (χ2v) is 6.17. The number of aryl methyl sites for hydroxylation is 3. The normalized spacial score (nSPS) is 11.4. The number of carbonyl (C=O) groups excluding carboxylic acids is 1. The molecule has 0 saturated carbocycles. The smallest absolute Gasteiger partial charge is 0.306 e. The van der Waals surface area contributed by atoms with E-state index in [2.05, 4.69) is 43.7 Å². The summed E-state index contributed by atoms with van der Waals surface area (Å²) in [5.41, 5.74) is 4.94. The highest BCUT2D eigenvalue weighted by Crippen LogP contribution is 2.27. The lowest BCUT2D eigenvalue weighted by Crippen LogP contribution is -2.20. The quantitative estimate of drug-likeness (QED) is 0.770. The number of hydrogen-bond donors (Lipinski definition) is 0. The second-order valence-electron chi connectivity index (χ2n) is 6.17. The van der Waals surface area contributed by atoms with Gasteiger partial charge in [-0.15, -0.1) is 0 Å².